The van der Waals surface area contributed by atoms with E-state index in [-0.39, 0.29) is 36.9 Å². The van der Waals surface area contributed by atoms with Crippen molar-refractivity contribution in [1.82, 2.24) is 19.2 Å². The Labute approximate surface area is 201 Å². The summed E-state index contributed by atoms with van der Waals surface area (Å²) in [6.45, 7) is 3.80. The molecule has 0 bridgehead atoms. The van der Waals surface area contributed by atoms with Gasteiger partial charge in [-0.25, -0.2) is 4.99 Å². The van der Waals surface area contributed by atoms with Crippen molar-refractivity contribution in [3.63, 3.8) is 0 Å². The van der Waals surface area contributed by atoms with Gasteiger partial charge in [-0.05, 0) is 11.6 Å². The highest BCUT2D eigenvalue weighted by Crippen LogP contribution is 2.25. The predicted octanol–water partition coefficient (Wildman–Crippen LogP) is -0.197. The zero-order chi connectivity index (χ0) is 25.0. The first-order valence-electron chi connectivity index (χ1n) is 10.1. The maximum Gasteiger partial charge on any atom is 0.282 e. The molecule has 1 saturated heterocycles. The molecule has 2 heterocycles. The van der Waals surface area contributed by atoms with E-state index in [1.54, 1.807) is 25.2 Å². The van der Waals surface area contributed by atoms with Gasteiger partial charge in [0.2, 0.25) is 0 Å². The number of aliphatic hydroxyl groups is 1. The van der Waals surface area contributed by atoms with E-state index in [1.165, 1.54) is 16.7 Å². The minimum Gasteiger partial charge on any atom is -0.398 e. The number of carbonyl (C=O) groups is 1. The number of nitrogen functional groups attached to an aromatic ring is 1. The molecule has 12 nitrogen and oxygen atoms in total. The second kappa shape index (κ2) is 10.5. The standard InChI is InChI=1S/C20H26N8O4S2/c1-12-25-18(10-28-9-17(29)26-34(28,31)32)33-11-14(6-21)19(27(12)2)20(30)24-8-13-4-3-5-16(23)15(13)7-22/h3-7,17,21-22,26,29H,1,8-11,23H2,2H3,(H,24,30)/b19-14-,21-6?,22-7?,25-18-/t17-/m1/s1. The molecule has 0 aromatic heterocycles. The molecule has 1 aromatic rings. The van der Waals surface area contributed by atoms with Crippen LogP contribution in [0.3, 0.4) is 0 Å². The van der Waals surface area contributed by atoms with Gasteiger partial charge >= 0.3 is 0 Å². The number of nitrogens with zero attached hydrogens (tertiary/aromatic N) is 3. The summed E-state index contributed by atoms with van der Waals surface area (Å²) in [6.07, 6.45) is 0.997. The van der Waals surface area contributed by atoms with Crippen LogP contribution in [0.4, 0.5) is 5.69 Å². The zero-order valence-corrected chi connectivity index (χ0v) is 20.0. The monoisotopic (exact) mass is 506 g/mol. The van der Waals surface area contributed by atoms with Crippen molar-refractivity contribution in [3.05, 3.63) is 53.0 Å². The van der Waals surface area contributed by atoms with Crippen LogP contribution < -0.4 is 15.8 Å². The quantitative estimate of drug-likeness (QED) is 0.218. The fraction of sp³-hybridized carbons (Fsp3) is 0.300. The van der Waals surface area contributed by atoms with Gasteiger partial charge in [0.15, 0.2) is 0 Å². The van der Waals surface area contributed by atoms with Crippen molar-refractivity contribution in [1.29, 1.82) is 10.8 Å². The highest BCUT2D eigenvalue weighted by molar-refractivity contribution is 8.14. The molecule has 14 heteroatoms. The largest absolute Gasteiger partial charge is 0.398 e. The van der Waals surface area contributed by atoms with Gasteiger partial charge in [0.05, 0.1) is 18.1 Å². The van der Waals surface area contributed by atoms with Crippen LogP contribution in [0.1, 0.15) is 11.1 Å². The summed E-state index contributed by atoms with van der Waals surface area (Å²) in [7, 11) is -2.24. The van der Waals surface area contributed by atoms with E-state index >= 15 is 0 Å². The molecule has 1 aromatic carbocycles. The second-order valence-electron chi connectivity index (χ2n) is 7.47. The van der Waals surface area contributed by atoms with E-state index < -0.39 is 22.3 Å². The number of rotatable bonds is 7. The maximum atomic E-state index is 13.1. The van der Waals surface area contributed by atoms with Crippen LogP contribution in [0, 0.1) is 10.8 Å². The lowest BCUT2D eigenvalue weighted by molar-refractivity contribution is -0.118. The Hall–Kier alpha value is -3.04. The third-order valence-electron chi connectivity index (χ3n) is 5.19. The number of thioether (sulfide) groups is 1. The van der Waals surface area contributed by atoms with E-state index in [2.05, 4.69) is 21.6 Å². The molecule has 182 valence electrons. The molecule has 0 unspecified atom stereocenters. The third kappa shape index (κ3) is 5.53. The molecule has 2 aliphatic heterocycles. The molecule has 2 aliphatic rings. The SMILES string of the molecule is C=C1/N=C(/CN2C[C@@H](O)NS2(=O)=O)SC/C(C=N)=C(/C(=O)NCc2cccc(N)c2C=N)N1C. The molecule has 0 spiro atoms. The molecular weight excluding hydrogens is 480 g/mol. The van der Waals surface area contributed by atoms with E-state index in [0.717, 1.165) is 16.7 Å². The second-order valence-corrected chi connectivity index (χ2v) is 10.2. The summed E-state index contributed by atoms with van der Waals surface area (Å²) in [4.78, 5) is 18.9. The highest BCUT2D eigenvalue weighted by Gasteiger charge is 2.35. The Balaban J connectivity index is 1.79. The number of hydrogen-bond acceptors (Lipinski definition) is 10. The van der Waals surface area contributed by atoms with Gasteiger partial charge in [-0.3, -0.25) is 4.79 Å². The third-order valence-corrected chi connectivity index (χ3v) is 7.73. The lowest BCUT2D eigenvalue weighted by atomic mass is 10.1. The van der Waals surface area contributed by atoms with Crippen LogP contribution in [-0.4, -0.2) is 78.2 Å². The van der Waals surface area contributed by atoms with E-state index in [1.807, 2.05) is 0 Å². The van der Waals surface area contributed by atoms with Gasteiger partial charge in [-0.1, -0.05) is 18.7 Å². The zero-order valence-electron chi connectivity index (χ0n) is 18.4. The number of aliphatic hydroxyl groups excluding tert-OH is 1. The summed E-state index contributed by atoms with van der Waals surface area (Å²) in [5.41, 5.74) is 8.09. The summed E-state index contributed by atoms with van der Waals surface area (Å²) in [6, 6.07) is 5.16. The topological polar surface area (TPSA) is 188 Å². The van der Waals surface area contributed by atoms with Gasteiger partial charge < -0.3 is 31.9 Å². The predicted molar refractivity (Wildman–Crippen MR) is 133 cm³/mol. The van der Waals surface area contributed by atoms with Crippen molar-refractivity contribution < 1.29 is 18.3 Å². The minimum absolute atomic E-state index is 0.0848. The van der Waals surface area contributed by atoms with Crippen molar-refractivity contribution in [2.75, 3.05) is 31.6 Å². The van der Waals surface area contributed by atoms with Crippen LogP contribution in [0.2, 0.25) is 0 Å². The summed E-state index contributed by atoms with van der Waals surface area (Å²) >= 11 is 1.18. The number of carbonyl (C=O) groups excluding carboxylic acids is 1. The Bertz CT molecular complexity index is 1190. The van der Waals surface area contributed by atoms with Crippen molar-refractivity contribution in [2.24, 2.45) is 4.99 Å². The number of nitrogens with one attached hydrogen (secondary N) is 4. The average molecular weight is 507 g/mol. The van der Waals surface area contributed by atoms with Crippen LogP contribution in [-0.2, 0) is 21.5 Å². The molecule has 0 aliphatic carbocycles. The van der Waals surface area contributed by atoms with Crippen LogP contribution in [0.15, 0.2) is 46.9 Å². The number of β-amino-alcohol motifs (C(OH)–C–C–N with tert-alkyl or cyclic N) is 1. The minimum atomic E-state index is -3.82. The number of nitrogens with two attached hydrogens (primary N) is 1. The van der Waals surface area contributed by atoms with Crippen molar-refractivity contribution in [3.8, 4) is 0 Å². The molecule has 1 fully saturated rings. The van der Waals surface area contributed by atoms with E-state index in [4.69, 9.17) is 16.6 Å². The maximum absolute atomic E-state index is 13.1. The fourth-order valence-corrected chi connectivity index (χ4v) is 5.65. The Morgan fingerprint density at radius 2 is 2.18 bits per heavy atom. The Morgan fingerprint density at radius 3 is 2.79 bits per heavy atom. The number of benzene rings is 1. The fourth-order valence-electron chi connectivity index (χ4n) is 3.41. The van der Waals surface area contributed by atoms with Crippen LogP contribution in [0.25, 0.3) is 0 Å². The van der Waals surface area contributed by atoms with Gasteiger partial charge in [0.1, 0.15) is 17.7 Å². The first kappa shape index (κ1) is 25.6. The van der Waals surface area contributed by atoms with Crippen molar-refractivity contribution >= 4 is 51.0 Å². The molecule has 3 rings (SSSR count). The molecule has 1 atom stereocenters. The summed E-state index contributed by atoms with van der Waals surface area (Å²) in [5, 5.41) is 28.2. The lowest BCUT2D eigenvalue weighted by Gasteiger charge is -2.27. The molecule has 0 radical (unpaired) electrons. The molecule has 7 N–H and O–H groups in total. The first-order valence-corrected chi connectivity index (χ1v) is 12.5. The number of anilines is 1. The van der Waals surface area contributed by atoms with Crippen LogP contribution >= 0.6 is 11.8 Å². The molecular formula is C20H26N8O4S2. The molecule has 0 saturated carbocycles. The summed E-state index contributed by atoms with van der Waals surface area (Å²) < 4.78 is 27.4. The smallest absolute Gasteiger partial charge is 0.282 e. The van der Waals surface area contributed by atoms with Crippen molar-refractivity contribution in [2.45, 2.75) is 12.8 Å². The summed E-state index contributed by atoms with van der Waals surface area (Å²) in [5.74, 6) is -0.0912. The number of amides is 1. The lowest BCUT2D eigenvalue weighted by Crippen LogP contribution is -2.36. The molecule has 1 amide bonds. The van der Waals surface area contributed by atoms with E-state index in [0.29, 0.717) is 27.4 Å². The van der Waals surface area contributed by atoms with Gasteiger partial charge in [0.25, 0.3) is 16.1 Å². The van der Waals surface area contributed by atoms with E-state index in [9.17, 15) is 18.3 Å². The van der Waals surface area contributed by atoms with Crippen LogP contribution in [0.5, 0.6) is 0 Å². The van der Waals surface area contributed by atoms with Gasteiger partial charge in [-0.2, -0.15) is 17.4 Å². The normalized spacial score (nSPS) is 24.6. The number of aliphatic imine (C=N–C) groups is 1. The van der Waals surface area contributed by atoms with Gasteiger partial charge in [-0.15, -0.1) is 11.8 Å². The Morgan fingerprint density at radius 1 is 1.44 bits per heavy atom. The Kier molecular flexibility index (Phi) is 7.89. The first-order chi connectivity index (χ1) is 16.1. The average Bonchev–Trinajstić information content (AvgIpc) is 3.03. The number of hydrogen-bond donors (Lipinski definition) is 6. The highest BCUT2D eigenvalue weighted by atomic mass is 32.2. The number of likely N-dealkylation sites (N-methyl/N-ethyl adjacent to an activating group) is 1. The molecule has 34 heavy (non-hydrogen) atoms. The van der Waals surface area contributed by atoms with Gasteiger partial charge in [0, 0.05) is 48.6 Å².